The van der Waals surface area contributed by atoms with Crippen LogP contribution in [0, 0.1) is 0 Å². The van der Waals surface area contributed by atoms with Crippen LogP contribution in [0.5, 0.6) is 0 Å². The molecule has 2 N–H and O–H groups in total. The van der Waals surface area contributed by atoms with Gasteiger partial charge in [-0.05, 0) is 43.7 Å². The smallest absolute Gasteiger partial charge is 0.223 e. The van der Waals surface area contributed by atoms with Crippen LogP contribution in [0.15, 0.2) is 24.3 Å². The van der Waals surface area contributed by atoms with Crippen LogP contribution in [-0.2, 0) is 11.2 Å². The van der Waals surface area contributed by atoms with Crippen molar-refractivity contribution in [3.05, 3.63) is 29.8 Å². The molecular weight excluding hydrogens is 284 g/mol. The number of para-hydroxylation sites is 1. The number of likely N-dealkylation sites (tertiary alicyclic amines) is 1. The number of aryl methyl sites for hydroxylation is 1. The summed E-state index contributed by atoms with van der Waals surface area (Å²) in [5.41, 5.74) is 7.82. The van der Waals surface area contributed by atoms with Crippen LogP contribution < -0.4 is 5.73 Å². The Morgan fingerprint density at radius 1 is 1.33 bits per heavy atom. The lowest BCUT2D eigenvalue weighted by Crippen LogP contribution is -2.43. The molecule has 1 amide bonds. The summed E-state index contributed by atoms with van der Waals surface area (Å²) in [6, 6.07) is 8.30. The van der Waals surface area contributed by atoms with Crippen molar-refractivity contribution in [2.24, 2.45) is 0 Å². The zero-order chi connectivity index (χ0) is 14.4. The Hall–Kier alpha value is -1.22. The highest BCUT2D eigenvalue weighted by Gasteiger charge is 2.25. The predicted molar refractivity (Wildman–Crippen MR) is 90.7 cm³/mol. The zero-order valence-corrected chi connectivity index (χ0v) is 13.7. The Bertz CT molecular complexity index is 448. The Balaban J connectivity index is 0.00000220. The second-order valence-electron chi connectivity index (χ2n) is 5.72. The van der Waals surface area contributed by atoms with E-state index in [9.17, 15) is 4.79 Å². The molecule has 0 spiro atoms. The topological polar surface area (TPSA) is 46.3 Å². The van der Waals surface area contributed by atoms with E-state index in [2.05, 4.69) is 11.8 Å². The number of rotatable bonds is 5. The zero-order valence-electron chi connectivity index (χ0n) is 12.9. The standard InChI is InChI=1S/C17H26N2O.ClH/c1-2-7-15-9-5-6-13-19(15)17(20)12-11-14-8-3-4-10-16(14)18;/h3-4,8,10,15H,2,5-7,9,11-13,18H2,1H3;1H. The van der Waals surface area contributed by atoms with Crippen LogP contribution in [0.2, 0.25) is 0 Å². The molecule has 1 fully saturated rings. The number of halogens is 1. The highest BCUT2D eigenvalue weighted by atomic mass is 35.5. The minimum atomic E-state index is 0. The molecular formula is C17H27ClN2O. The number of amides is 1. The summed E-state index contributed by atoms with van der Waals surface area (Å²) in [4.78, 5) is 14.6. The van der Waals surface area contributed by atoms with Gasteiger partial charge < -0.3 is 10.6 Å². The Kier molecular flexibility index (Phi) is 7.58. The summed E-state index contributed by atoms with van der Waals surface area (Å²) >= 11 is 0. The fourth-order valence-corrected chi connectivity index (χ4v) is 3.11. The van der Waals surface area contributed by atoms with E-state index in [1.54, 1.807) is 0 Å². The fraction of sp³-hybridized carbons (Fsp3) is 0.588. The summed E-state index contributed by atoms with van der Waals surface area (Å²) in [6.07, 6.45) is 7.21. The maximum atomic E-state index is 12.5. The van der Waals surface area contributed by atoms with E-state index in [1.165, 1.54) is 12.8 Å². The monoisotopic (exact) mass is 310 g/mol. The molecule has 0 bridgehead atoms. The van der Waals surface area contributed by atoms with Crippen molar-refractivity contribution in [3.8, 4) is 0 Å². The minimum absolute atomic E-state index is 0. The molecule has 1 aromatic rings. The third kappa shape index (κ3) is 4.92. The van der Waals surface area contributed by atoms with Crippen molar-refractivity contribution < 1.29 is 4.79 Å². The molecule has 1 aliphatic rings. The summed E-state index contributed by atoms with van der Waals surface area (Å²) in [6.45, 7) is 3.13. The van der Waals surface area contributed by atoms with Crippen LogP contribution >= 0.6 is 12.4 Å². The first kappa shape index (κ1) is 17.8. The Morgan fingerprint density at radius 2 is 2.10 bits per heavy atom. The van der Waals surface area contributed by atoms with E-state index in [0.717, 1.165) is 43.5 Å². The van der Waals surface area contributed by atoms with Gasteiger partial charge in [0.2, 0.25) is 5.91 Å². The number of anilines is 1. The normalized spacial score (nSPS) is 18.1. The maximum Gasteiger partial charge on any atom is 0.223 e. The second kappa shape index (κ2) is 8.93. The van der Waals surface area contributed by atoms with Crippen LogP contribution in [0.3, 0.4) is 0 Å². The van der Waals surface area contributed by atoms with Gasteiger partial charge >= 0.3 is 0 Å². The van der Waals surface area contributed by atoms with Gasteiger partial charge in [0, 0.05) is 24.7 Å². The molecule has 1 saturated heterocycles. The van der Waals surface area contributed by atoms with Gasteiger partial charge in [-0.1, -0.05) is 31.5 Å². The van der Waals surface area contributed by atoms with Gasteiger partial charge in [0.05, 0.1) is 0 Å². The van der Waals surface area contributed by atoms with Crippen LogP contribution in [-0.4, -0.2) is 23.4 Å². The molecule has 2 rings (SSSR count). The lowest BCUT2D eigenvalue weighted by molar-refractivity contribution is -0.135. The van der Waals surface area contributed by atoms with E-state index in [1.807, 2.05) is 24.3 Å². The molecule has 1 heterocycles. The van der Waals surface area contributed by atoms with Gasteiger partial charge in [-0.3, -0.25) is 4.79 Å². The van der Waals surface area contributed by atoms with Crippen LogP contribution in [0.1, 0.15) is 51.0 Å². The molecule has 0 radical (unpaired) electrons. The summed E-state index contributed by atoms with van der Waals surface area (Å²) < 4.78 is 0. The van der Waals surface area contributed by atoms with Crippen LogP contribution in [0.25, 0.3) is 0 Å². The van der Waals surface area contributed by atoms with Gasteiger partial charge in [0.15, 0.2) is 0 Å². The number of piperidine rings is 1. The van der Waals surface area contributed by atoms with E-state index >= 15 is 0 Å². The van der Waals surface area contributed by atoms with E-state index < -0.39 is 0 Å². The maximum absolute atomic E-state index is 12.5. The number of carbonyl (C=O) groups excluding carboxylic acids is 1. The van der Waals surface area contributed by atoms with Crippen molar-refractivity contribution in [2.75, 3.05) is 12.3 Å². The van der Waals surface area contributed by atoms with Gasteiger partial charge in [-0.25, -0.2) is 0 Å². The number of hydrogen-bond acceptors (Lipinski definition) is 2. The molecule has 3 nitrogen and oxygen atoms in total. The van der Waals surface area contributed by atoms with E-state index in [0.29, 0.717) is 18.4 Å². The molecule has 4 heteroatoms. The van der Waals surface area contributed by atoms with Crippen LogP contribution in [0.4, 0.5) is 5.69 Å². The third-order valence-corrected chi connectivity index (χ3v) is 4.23. The molecule has 0 aromatic heterocycles. The number of carbonyl (C=O) groups is 1. The first-order valence-electron chi connectivity index (χ1n) is 7.85. The van der Waals surface area contributed by atoms with Gasteiger partial charge in [-0.15, -0.1) is 12.4 Å². The van der Waals surface area contributed by atoms with Gasteiger partial charge in [0.25, 0.3) is 0 Å². The average molecular weight is 311 g/mol. The second-order valence-corrected chi connectivity index (χ2v) is 5.72. The van der Waals surface area contributed by atoms with E-state index in [-0.39, 0.29) is 12.4 Å². The highest BCUT2D eigenvalue weighted by Crippen LogP contribution is 2.22. The highest BCUT2D eigenvalue weighted by molar-refractivity contribution is 5.85. The third-order valence-electron chi connectivity index (χ3n) is 4.23. The van der Waals surface area contributed by atoms with Crippen molar-refractivity contribution in [1.82, 2.24) is 4.90 Å². The molecule has 1 aliphatic heterocycles. The Morgan fingerprint density at radius 3 is 2.81 bits per heavy atom. The van der Waals surface area contributed by atoms with Gasteiger partial charge in [0.1, 0.15) is 0 Å². The van der Waals surface area contributed by atoms with Gasteiger partial charge in [-0.2, -0.15) is 0 Å². The minimum Gasteiger partial charge on any atom is -0.399 e. The van der Waals surface area contributed by atoms with Crippen molar-refractivity contribution in [3.63, 3.8) is 0 Å². The molecule has 0 saturated carbocycles. The summed E-state index contributed by atoms with van der Waals surface area (Å²) in [5, 5.41) is 0. The number of nitrogen functional groups attached to an aromatic ring is 1. The lowest BCUT2D eigenvalue weighted by atomic mass is 9.97. The molecule has 1 aromatic carbocycles. The molecule has 1 unspecified atom stereocenters. The quantitative estimate of drug-likeness (QED) is 0.841. The average Bonchev–Trinajstić information content (AvgIpc) is 2.47. The molecule has 0 aliphatic carbocycles. The summed E-state index contributed by atoms with van der Waals surface area (Å²) in [7, 11) is 0. The summed E-state index contributed by atoms with van der Waals surface area (Å²) in [5.74, 6) is 0.298. The number of hydrogen-bond donors (Lipinski definition) is 1. The molecule has 21 heavy (non-hydrogen) atoms. The number of benzene rings is 1. The van der Waals surface area contributed by atoms with Crippen molar-refractivity contribution >= 4 is 24.0 Å². The number of nitrogens with two attached hydrogens (primary N) is 1. The predicted octanol–water partition coefficient (Wildman–Crippen LogP) is 3.80. The van der Waals surface area contributed by atoms with Crippen molar-refractivity contribution in [2.45, 2.75) is 57.9 Å². The largest absolute Gasteiger partial charge is 0.399 e. The first-order valence-corrected chi connectivity index (χ1v) is 7.85. The fourth-order valence-electron chi connectivity index (χ4n) is 3.11. The Labute approximate surface area is 134 Å². The first-order chi connectivity index (χ1) is 9.72. The number of nitrogens with zero attached hydrogens (tertiary/aromatic N) is 1. The van der Waals surface area contributed by atoms with E-state index in [4.69, 9.17) is 5.73 Å². The van der Waals surface area contributed by atoms with Crippen molar-refractivity contribution in [1.29, 1.82) is 0 Å². The molecule has 118 valence electrons. The lowest BCUT2D eigenvalue weighted by Gasteiger charge is -2.36. The SMILES string of the molecule is CCCC1CCCCN1C(=O)CCc1ccccc1N.Cl. The molecule has 1 atom stereocenters.